The molecular weight excluding hydrogens is 268 g/mol. The predicted octanol–water partition coefficient (Wildman–Crippen LogP) is 1.67. The van der Waals surface area contributed by atoms with Crippen LogP contribution in [0.3, 0.4) is 0 Å². The molecule has 1 fully saturated rings. The van der Waals surface area contributed by atoms with Gasteiger partial charge >= 0.3 is 5.97 Å². The van der Waals surface area contributed by atoms with Gasteiger partial charge in [-0.2, -0.15) is 0 Å². The zero-order valence-corrected chi connectivity index (χ0v) is 14.1. The van der Waals surface area contributed by atoms with E-state index in [9.17, 15) is 4.79 Å². The van der Waals surface area contributed by atoms with Gasteiger partial charge < -0.3 is 19.7 Å². The van der Waals surface area contributed by atoms with Gasteiger partial charge in [-0.25, -0.2) is 0 Å². The maximum atomic E-state index is 12.2. The van der Waals surface area contributed by atoms with Gasteiger partial charge in [0.1, 0.15) is 5.54 Å². The Labute approximate surface area is 129 Å². The minimum absolute atomic E-state index is 0.177. The summed E-state index contributed by atoms with van der Waals surface area (Å²) in [6.07, 6.45) is 3.62. The molecule has 1 saturated carbocycles. The van der Waals surface area contributed by atoms with Crippen LogP contribution in [0, 0.1) is 5.92 Å². The molecule has 21 heavy (non-hydrogen) atoms. The van der Waals surface area contributed by atoms with Crippen LogP contribution < -0.4 is 5.32 Å². The van der Waals surface area contributed by atoms with Gasteiger partial charge in [-0.15, -0.1) is 0 Å². The monoisotopic (exact) mass is 300 g/mol. The molecule has 1 unspecified atom stereocenters. The molecule has 0 radical (unpaired) electrons. The molecule has 0 aromatic heterocycles. The summed E-state index contributed by atoms with van der Waals surface area (Å²) in [5.74, 6) is 0.621. The highest BCUT2D eigenvalue weighted by Crippen LogP contribution is 2.28. The van der Waals surface area contributed by atoms with Crippen LogP contribution in [0.4, 0.5) is 0 Å². The molecule has 1 rings (SSSR count). The zero-order chi connectivity index (χ0) is 15.7. The second kappa shape index (κ2) is 9.38. The van der Waals surface area contributed by atoms with E-state index < -0.39 is 5.54 Å². The van der Waals surface area contributed by atoms with Crippen LogP contribution in [-0.2, 0) is 14.3 Å². The first-order chi connectivity index (χ1) is 10.0. The smallest absolute Gasteiger partial charge is 0.327 e. The Bertz CT molecular complexity index is 308. The number of ether oxygens (including phenoxy) is 2. The molecule has 0 bridgehead atoms. The minimum atomic E-state index is -0.655. The normalized spacial score (nSPS) is 17.8. The van der Waals surface area contributed by atoms with Gasteiger partial charge in [0.25, 0.3) is 0 Å². The van der Waals surface area contributed by atoms with E-state index in [-0.39, 0.29) is 5.97 Å². The van der Waals surface area contributed by atoms with Crippen molar-refractivity contribution in [2.24, 2.45) is 5.92 Å². The maximum absolute atomic E-state index is 12.2. The SMILES string of the molecule is CCCNC(C)(CN(C)CCOCC1CC1)C(=O)OCC. The molecule has 0 aromatic rings. The lowest BCUT2D eigenvalue weighted by molar-refractivity contribution is -0.151. The number of carbonyl (C=O) groups excluding carboxylic acids is 1. The van der Waals surface area contributed by atoms with Crippen molar-refractivity contribution in [1.82, 2.24) is 10.2 Å². The van der Waals surface area contributed by atoms with Gasteiger partial charge in [0.15, 0.2) is 0 Å². The number of nitrogens with one attached hydrogen (secondary N) is 1. The third-order valence-electron chi connectivity index (χ3n) is 3.75. The molecular formula is C16H32N2O3. The van der Waals surface area contributed by atoms with Gasteiger partial charge in [0, 0.05) is 19.7 Å². The summed E-state index contributed by atoms with van der Waals surface area (Å²) in [7, 11) is 2.02. The summed E-state index contributed by atoms with van der Waals surface area (Å²) in [6, 6.07) is 0. The van der Waals surface area contributed by atoms with Crippen LogP contribution >= 0.6 is 0 Å². The number of hydrogen-bond donors (Lipinski definition) is 1. The van der Waals surface area contributed by atoms with E-state index in [4.69, 9.17) is 9.47 Å². The first-order valence-corrected chi connectivity index (χ1v) is 8.20. The van der Waals surface area contributed by atoms with E-state index in [1.54, 1.807) is 0 Å². The Hall–Kier alpha value is -0.650. The van der Waals surface area contributed by atoms with Crippen molar-refractivity contribution in [3.05, 3.63) is 0 Å². The van der Waals surface area contributed by atoms with Crippen molar-refractivity contribution >= 4 is 5.97 Å². The van der Waals surface area contributed by atoms with Gasteiger partial charge in [-0.05, 0) is 52.6 Å². The molecule has 1 atom stereocenters. The summed E-state index contributed by atoms with van der Waals surface area (Å²) in [5.41, 5.74) is -0.655. The summed E-state index contributed by atoms with van der Waals surface area (Å²) in [6.45, 7) is 10.1. The number of rotatable bonds is 12. The molecule has 0 heterocycles. The Morgan fingerprint density at radius 3 is 2.67 bits per heavy atom. The molecule has 1 aliphatic carbocycles. The Kier molecular flexibility index (Phi) is 8.22. The van der Waals surface area contributed by atoms with Crippen molar-refractivity contribution in [2.75, 3.05) is 46.5 Å². The van der Waals surface area contributed by atoms with Crippen LogP contribution in [0.15, 0.2) is 0 Å². The topological polar surface area (TPSA) is 50.8 Å². The quantitative estimate of drug-likeness (QED) is 0.439. The van der Waals surface area contributed by atoms with E-state index in [1.165, 1.54) is 12.8 Å². The summed E-state index contributed by atoms with van der Waals surface area (Å²) >= 11 is 0. The molecule has 5 heteroatoms. The van der Waals surface area contributed by atoms with Crippen molar-refractivity contribution in [1.29, 1.82) is 0 Å². The highest BCUT2D eigenvalue weighted by Gasteiger charge is 2.35. The Morgan fingerprint density at radius 2 is 2.10 bits per heavy atom. The number of carbonyl (C=O) groups is 1. The number of likely N-dealkylation sites (N-methyl/N-ethyl adjacent to an activating group) is 1. The van der Waals surface area contributed by atoms with E-state index in [0.29, 0.717) is 13.2 Å². The molecule has 0 saturated heterocycles. The third-order valence-corrected chi connectivity index (χ3v) is 3.75. The highest BCUT2D eigenvalue weighted by atomic mass is 16.5. The Balaban J connectivity index is 2.35. The average molecular weight is 300 g/mol. The van der Waals surface area contributed by atoms with Crippen LogP contribution in [0.5, 0.6) is 0 Å². The van der Waals surface area contributed by atoms with Gasteiger partial charge in [0.2, 0.25) is 0 Å². The fourth-order valence-electron chi connectivity index (χ4n) is 2.26. The van der Waals surface area contributed by atoms with Crippen LogP contribution in [0.25, 0.3) is 0 Å². The Morgan fingerprint density at radius 1 is 1.38 bits per heavy atom. The lowest BCUT2D eigenvalue weighted by Gasteiger charge is -2.32. The van der Waals surface area contributed by atoms with Crippen molar-refractivity contribution in [2.45, 2.75) is 45.6 Å². The summed E-state index contributed by atoms with van der Waals surface area (Å²) in [5, 5.41) is 3.32. The standard InChI is InChI=1S/C16H32N2O3/c1-5-9-17-16(3,15(19)21-6-2)13-18(4)10-11-20-12-14-7-8-14/h14,17H,5-13H2,1-4H3. The van der Waals surface area contributed by atoms with Crippen LogP contribution in [-0.4, -0.2) is 62.9 Å². The number of esters is 1. The van der Waals surface area contributed by atoms with Crippen molar-refractivity contribution in [3.8, 4) is 0 Å². The van der Waals surface area contributed by atoms with Crippen molar-refractivity contribution < 1.29 is 14.3 Å². The van der Waals surface area contributed by atoms with Crippen LogP contribution in [0.1, 0.15) is 40.0 Å². The lowest BCUT2D eigenvalue weighted by atomic mass is 10.0. The summed E-state index contributed by atoms with van der Waals surface area (Å²) < 4.78 is 10.9. The largest absolute Gasteiger partial charge is 0.465 e. The molecule has 0 amide bonds. The number of hydrogen-bond acceptors (Lipinski definition) is 5. The lowest BCUT2D eigenvalue weighted by Crippen LogP contribution is -2.57. The third kappa shape index (κ3) is 7.25. The molecule has 1 N–H and O–H groups in total. The zero-order valence-electron chi connectivity index (χ0n) is 14.1. The van der Waals surface area contributed by atoms with Crippen LogP contribution in [0.2, 0.25) is 0 Å². The minimum Gasteiger partial charge on any atom is -0.465 e. The molecule has 0 aromatic carbocycles. The van der Waals surface area contributed by atoms with E-state index >= 15 is 0 Å². The predicted molar refractivity (Wildman–Crippen MR) is 84.4 cm³/mol. The highest BCUT2D eigenvalue weighted by molar-refractivity contribution is 5.80. The average Bonchev–Trinajstić information content (AvgIpc) is 3.26. The molecule has 124 valence electrons. The van der Waals surface area contributed by atoms with Gasteiger partial charge in [0.05, 0.1) is 13.2 Å². The fraction of sp³-hybridized carbons (Fsp3) is 0.938. The first-order valence-electron chi connectivity index (χ1n) is 8.20. The van der Waals surface area contributed by atoms with Crippen molar-refractivity contribution in [3.63, 3.8) is 0 Å². The summed E-state index contributed by atoms with van der Waals surface area (Å²) in [4.78, 5) is 14.3. The van der Waals surface area contributed by atoms with E-state index in [0.717, 1.165) is 38.6 Å². The van der Waals surface area contributed by atoms with E-state index in [1.807, 2.05) is 20.9 Å². The second-order valence-corrected chi connectivity index (χ2v) is 6.24. The second-order valence-electron chi connectivity index (χ2n) is 6.24. The molecule has 1 aliphatic rings. The molecule has 0 aliphatic heterocycles. The van der Waals surface area contributed by atoms with Gasteiger partial charge in [-0.3, -0.25) is 4.79 Å². The fourth-order valence-corrected chi connectivity index (χ4v) is 2.26. The van der Waals surface area contributed by atoms with E-state index in [2.05, 4.69) is 17.1 Å². The first kappa shape index (κ1) is 18.4. The molecule has 5 nitrogen and oxygen atoms in total. The van der Waals surface area contributed by atoms with Gasteiger partial charge in [-0.1, -0.05) is 6.92 Å². The number of nitrogens with zero attached hydrogens (tertiary/aromatic N) is 1. The maximum Gasteiger partial charge on any atom is 0.327 e. The molecule has 0 spiro atoms.